The van der Waals surface area contributed by atoms with Crippen LogP contribution in [0, 0.1) is 34.5 Å². The Morgan fingerprint density at radius 3 is 2.65 bits per heavy atom. The molecule has 31 heavy (non-hydrogen) atoms. The van der Waals surface area contributed by atoms with Gasteiger partial charge in [-0.1, -0.05) is 25.1 Å². The van der Waals surface area contributed by atoms with Crippen LogP contribution in [0.5, 0.6) is 0 Å². The van der Waals surface area contributed by atoms with E-state index in [1.165, 1.54) is 0 Å². The zero-order valence-electron chi connectivity index (χ0n) is 18.4. The van der Waals surface area contributed by atoms with Crippen molar-refractivity contribution >= 4 is 17.4 Å². The minimum atomic E-state index is -0.873. The van der Waals surface area contributed by atoms with E-state index in [0.717, 1.165) is 44.2 Å². The Labute approximate surface area is 183 Å². The number of carboxylic acids is 1. The molecule has 166 valence electrons. The van der Waals surface area contributed by atoms with Crippen molar-refractivity contribution in [3.63, 3.8) is 0 Å². The molecule has 1 aromatic rings. The number of carbonyl (C=O) groups is 2. The number of para-hydroxylation sites is 1. The summed E-state index contributed by atoms with van der Waals surface area (Å²) in [6.45, 7) is 4.25. The van der Waals surface area contributed by atoms with E-state index < -0.39 is 11.4 Å². The minimum absolute atomic E-state index is 0.0360. The van der Waals surface area contributed by atoms with Crippen molar-refractivity contribution in [3.8, 4) is 0 Å². The smallest absolute Gasteiger partial charge is 0.309 e. The summed E-state index contributed by atoms with van der Waals surface area (Å²) in [5.74, 6) is 0.210. The van der Waals surface area contributed by atoms with Crippen molar-refractivity contribution in [3.05, 3.63) is 41.6 Å². The van der Waals surface area contributed by atoms with Gasteiger partial charge in [0.05, 0.1) is 17.2 Å². The van der Waals surface area contributed by atoms with Gasteiger partial charge in [0.1, 0.15) is 0 Å². The van der Waals surface area contributed by atoms with Gasteiger partial charge in [0.25, 0.3) is 0 Å². The molecule has 0 saturated heterocycles. The van der Waals surface area contributed by atoms with Crippen LogP contribution in [0.25, 0.3) is 0 Å². The number of carbonyl (C=O) groups excluding carboxylic acids is 1. The summed E-state index contributed by atoms with van der Waals surface area (Å²) < 4.78 is 0. The lowest BCUT2D eigenvalue weighted by molar-refractivity contribution is -0.164. The fourth-order valence-corrected chi connectivity index (χ4v) is 7.48. The van der Waals surface area contributed by atoms with E-state index in [9.17, 15) is 19.8 Å². The Hall–Kier alpha value is -2.14. The molecule has 0 amide bonds. The van der Waals surface area contributed by atoms with Gasteiger partial charge in [-0.2, -0.15) is 0 Å². The van der Waals surface area contributed by atoms with Gasteiger partial charge in [-0.15, -0.1) is 0 Å². The van der Waals surface area contributed by atoms with E-state index in [-0.39, 0.29) is 29.1 Å². The Balaban J connectivity index is 1.52. The highest BCUT2D eigenvalue weighted by atomic mass is 16.4. The molecular formula is C26H33NO4. The number of hydrogen-bond donors (Lipinski definition) is 3. The molecule has 5 heteroatoms. The lowest BCUT2D eigenvalue weighted by Gasteiger charge is -2.60. The molecule has 3 saturated carbocycles. The Kier molecular flexibility index (Phi) is 4.81. The highest BCUT2D eigenvalue weighted by Crippen LogP contribution is 2.63. The number of hydrogen-bond acceptors (Lipinski definition) is 4. The summed E-state index contributed by atoms with van der Waals surface area (Å²) in [5.41, 5.74) is 1.28. The van der Waals surface area contributed by atoms with Gasteiger partial charge in [0.2, 0.25) is 5.78 Å². The lowest BCUT2D eigenvalue weighted by Crippen LogP contribution is -2.55. The van der Waals surface area contributed by atoms with Crippen LogP contribution in [0.15, 0.2) is 36.0 Å². The second-order valence-electron chi connectivity index (χ2n) is 10.8. The highest BCUT2D eigenvalue weighted by molar-refractivity contribution is 6.18. The molecule has 3 fully saturated rings. The summed E-state index contributed by atoms with van der Waals surface area (Å²) in [6, 6.07) is 7.48. The van der Waals surface area contributed by atoms with Crippen LogP contribution in [0.1, 0.15) is 69.2 Å². The maximum atomic E-state index is 13.0. The number of rotatable bonds is 2. The number of aliphatic carboxylic acids is 1. The third kappa shape index (κ3) is 3.07. The van der Waals surface area contributed by atoms with E-state index in [0.29, 0.717) is 29.5 Å². The number of carboxylic acid groups (broad SMARTS) is 1. The quantitative estimate of drug-likeness (QED) is 0.591. The van der Waals surface area contributed by atoms with Crippen molar-refractivity contribution in [2.75, 3.05) is 5.32 Å². The summed E-state index contributed by atoms with van der Waals surface area (Å²) in [6.07, 6.45) is 8.04. The zero-order valence-corrected chi connectivity index (χ0v) is 18.4. The molecule has 1 aromatic carbocycles. The average Bonchev–Trinajstić information content (AvgIpc) is 3.06. The summed E-state index contributed by atoms with van der Waals surface area (Å²) in [4.78, 5) is 25.5. The van der Waals surface area contributed by atoms with Gasteiger partial charge >= 0.3 is 5.97 Å². The van der Waals surface area contributed by atoms with Gasteiger partial charge in [-0.25, -0.2) is 0 Å². The van der Waals surface area contributed by atoms with Crippen LogP contribution < -0.4 is 5.32 Å². The monoisotopic (exact) mass is 423 g/mol. The van der Waals surface area contributed by atoms with E-state index in [4.69, 9.17) is 0 Å². The van der Waals surface area contributed by atoms with Gasteiger partial charge in [-0.05, 0) is 93.1 Å². The van der Waals surface area contributed by atoms with Crippen LogP contribution in [-0.2, 0) is 4.79 Å². The number of anilines is 1. The number of aliphatic hydroxyl groups is 1. The molecule has 0 radical (unpaired) electrons. The number of allylic oxidation sites excluding steroid dienone is 2. The van der Waals surface area contributed by atoms with E-state index in [1.807, 2.05) is 37.3 Å². The second kappa shape index (κ2) is 7.19. The maximum Gasteiger partial charge on any atom is 0.309 e. The number of fused-ring (bicyclic) bond motifs is 4. The fraction of sp³-hybridized carbons (Fsp3) is 0.615. The Morgan fingerprint density at radius 2 is 1.90 bits per heavy atom. The zero-order chi connectivity index (χ0) is 22.0. The van der Waals surface area contributed by atoms with Gasteiger partial charge in [-0.3, -0.25) is 9.59 Å². The molecule has 0 spiro atoms. The largest absolute Gasteiger partial charge is 0.481 e. The lowest BCUT2D eigenvalue weighted by atomic mass is 9.44. The minimum Gasteiger partial charge on any atom is -0.481 e. The summed E-state index contributed by atoms with van der Waals surface area (Å²) >= 11 is 0. The number of benzene rings is 1. The predicted molar refractivity (Wildman–Crippen MR) is 119 cm³/mol. The number of ketones is 1. The van der Waals surface area contributed by atoms with Gasteiger partial charge < -0.3 is 15.5 Å². The molecule has 0 bridgehead atoms. The van der Waals surface area contributed by atoms with Crippen molar-refractivity contribution in [2.24, 2.45) is 34.5 Å². The molecule has 1 heterocycles. The Morgan fingerprint density at radius 1 is 1.13 bits per heavy atom. The molecule has 0 unspecified atom stereocenters. The highest BCUT2D eigenvalue weighted by Gasteiger charge is 2.58. The average molecular weight is 424 g/mol. The topological polar surface area (TPSA) is 86.6 Å². The van der Waals surface area contributed by atoms with Crippen molar-refractivity contribution in [1.82, 2.24) is 0 Å². The molecule has 5 rings (SSSR count). The van der Waals surface area contributed by atoms with Crippen molar-refractivity contribution in [2.45, 2.75) is 64.9 Å². The van der Waals surface area contributed by atoms with Crippen molar-refractivity contribution < 1.29 is 19.8 Å². The van der Waals surface area contributed by atoms with Crippen LogP contribution in [-0.4, -0.2) is 28.1 Å². The molecular weight excluding hydrogens is 390 g/mol. The summed E-state index contributed by atoms with van der Waals surface area (Å²) in [7, 11) is 0. The Bertz CT molecular complexity index is 954. The van der Waals surface area contributed by atoms with Crippen LogP contribution in [0.4, 0.5) is 5.69 Å². The molecule has 5 nitrogen and oxygen atoms in total. The second-order valence-corrected chi connectivity index (χ2v) is 10.8. The molecule has 7 atom stereocenters. The molecule has 0 aromatic heterocycles. The number of Topliss-reactive ketones (excluding diaryl/α,β-unsaturated/α-hetero) is 1. The normalized spacial score (nSPS) is 43.0. The fourth-order valence-electron chi connectivity index (χ4n) is 7.48. The van der Waals surface area contributed by atoms with Crippen LogP contribution in [0.2, 0.25) is 0 Å². The first kappa shape index (κ1) is 20.7. The number of nitrogens with one attached hydrogen (secondary N) is 1. The molecule has 1 aliphatic heterocycles. The van der Waals surface area contributed by atoms with E-state index in [1.54, 1.807) is 0 Å². The summed E-state index contributed by atoms with van der Waals surface area (Å²) in [5, 5.41) is 23.7. The van der Waals surface area contributed by atoms with Gasteiger partial charge in [0, 0.05) is 11.3 Å². The standard InChI is InChI=1S/C26H33NO4/c1-25-11-9-16(28)13-15(25)7-8-17-19(25)10-12-26(2,24(30)31)20(17)14-22-23(29)18-5-3-4-6-21(18)27-22/h3-6,14-17,19-20,27-28H,7-13H2,1-2H3,(H,30,31)/b22-14+/t15-,16-,17-,19+,20-,25+,26+/m1/s1. The molecule has 4 aliphatic rings. The van der Waals surface area contributed by atoms with Crippen molar-refractivity contribution in [1.29, 1.82) is 0 Å². The SMILES string of the molecule is C[C@]12CC[C@@H](O)C[C@H]1CC[C@H]1[C@@H](/C=C3/Nc4ccccc4C3=O)[C@@](C)(C(=O)O)CC[C@@H]12. The van der Waals surface area contributed by atoms with E-state index >= 15 is 0 Å². The molecule has 3 aliphatic carbocycles. The third-order valence-corrected chi connectivity index (χ3v) is 9.41. The van der Waals surface area contributed by atoms with Crippen LogP contribution in [0.3, 0.4) is 0 Å². The number of aliphatic hydroxyl groups excluding tert-OH is 1. The third-order valence-electron chi connectivity index (χ3n) is 9.41. The molecule has 3 N–H and O–H groups in total. The first-order valence-electron chi connectivity index (χ1n) is 11.8. The first-order valence-corrected chi connectivity index (χ1v) is 11.8. The predicted octanol–water partition coefficient (Wildman–Crippen LogP) is 4.87. The van der Waals surface area contributed by atoms with Gasteiger partial charge in [0.15, 0.2) is 0 Å². The maximum absolute atomic E-state index is 13.0. The van der Waals surface area contributed by atoms with E-state index in [2.05, 4.69) is 12.2 Å². The first-order chi connectivity index (χ1) is 14.7. The van der Waals surface area contributed by atoms with Crippen LogP contribution >= 0.6 is 0 Å².